The summed E-state index contributed by atoms with van der Waals surface area (Å²) in [7, 11) is 0. The lowest BCUT2D eigenvalue weighted by Gasteiger charge is -2.05. The first-order chi connectivity index (χ1) is 7.20. The standard InChI is InChI=1S/C12H17NOS/c1-3-9-4-5-10(6-9)12-13-7-11(15-12)8(2)14/h7,9-10H,3-6H2,1-2H3. The van der Waals surface area contributed by atoms with Crippen molar-refractivity contribution in [2.45, 2.75) is 45.4 Å². The minimum Gasteiger partial charge on any atom is -0.294 e. The molecular weight excluding hydrogens is 206 g/mol. The van der Waals surface area contributed by atoms with Gasteiger partial charge < -0.3 is 0 Å². The third-order valence-electron chi connectivity index (χ3n) is 3.34. The summed E-state index contributed by atoms with van der Waals surface area (Å²) >= 11 is 1.59. The van der Waals surface area contributed by atoms with Crippen LogP contribution in [0.1, 0.15) is 60.1 Å². The highest BCUT2D eigenvalue weighted by Crippen LogP contribution is 2.40. The van der Waals surface area contributed by atoms with Crippen molar-refractivity contribution in [3.8, 4) is 0 Å². The number of hydrogen-bond acceptors (Lipinski definition) is 3. The molecule has 2 atom stereocenters. The van der Waals surface area contributed by atoms with Gasteiger partial charge in [-0.1, -0.05) is 13.3 Å². The quantitative estimate of drug-likeness (QED) is 0.732. The van der Waals surface area contributed by atoms with Crippen LogP contribution in [0.4, 0.5) is 0 Å². The summed E-state index contributed by atoms with van der Waals surface area (Å²) in [5.74, 6) is 1.64. The molecule has 1 fully saturated rings. The summed E-state index contributed by atoms with van der Waals surface area (Å²) in [5, 5.41) is 1.18. The Morgan fingerprint density at radius 2 is 2.40 bits per heavy atom. The molecule has 0 radical (unpaired) electrons. The summed E-state index contributed by atoms with van der Waals surface area (Å²) in [6.45, 7) is 3.87. The number of aromatic nitrogens is 1. The van der Waals surface area contributed by atoms with Gasteiger partial charge in [0.15, 0.2) is 5.78 Å². The third kappa shape index (κ3) is 2.28. The molecule has 15 heavy (non-hydrogen) atoms. The van der Waals surface area contributed by atoms with Gasteiger partial charge in [-0.2, -0.15) is 0 Å². The second-order valence-corrected chi connectivity index (χ2v) is 5.47. The van der Waals surface area contributed by atoms with Crippen LogP contribution in [0, 0.1) is 5.92 Å². The third-order valence-corrected chi connectivity index (χ3v) is 4.60. The van der Waals surface area contributed by atoms with E-state index in [4.69, 9.17) is 0 Å². The van der Waals surface area contributed by atoms with E-state index in [2.05, 4.69) is 11.9 Å². The van der Waals surface area contributed by atoms with Crippen molar-refractivity contribution in [1.82, 2.24) is 4.98 Å². The van der Waals surface area contributed by atoms with Gasteiger partial charge in [0.2, 0.25) is 0 Å². The van der Waals surface area contributed by atoms with Crippen molar-refractivity contribution in [3.05, 3.63) is 16.1 Å². The maximum absolute atomic E-state index is 11.2. The number of rotatable bonds is 3. The first-order valence-electron chi connectivity index (χ1n) is 5.67. The lowest BCUT2D eigenvalue weighted by atomic mass is 10.0. The predicted octanol–water partition coefficient (Wildman–Crippen LogP) is 3.64. The number of thiazole rings is 1. The molecule has 0 aliphatic heterocycles. The van der Waals surface area contributed by atoms with Crippen molar-refractivity contribution in [1.29, 1.82) is 0 Å². The first-order valence-corrected chi connectivity index (χ1v) is 6.49. The topological polar surface area (TPSA) is 30.0 Å². The van der Waals surface area contributed by atoms with E-state index in [0.717, 1.165) is 10.8 Å². The van der Waals surface area contributed by atoms with E-state index in [1.807, 2.05) is 0 Å². The summed E-state index contributed by atoms with van der Waals surface area (Å²) < 4.78 is 0. The highest BCUT2D eigenvalue weighted by atomic mass is 32.1. The average Bonchev–Trinajstić information content (AvgIpc) is 2.86. The number of carbonyl (C=O) groups excluding carboxylic acids is 1. The number of Topliss-reactive ketones (excluding diaryl/α,β-unsaturated/α-hetero) is 1. The molecule has 0 N–H and O–H groups in total. The van der Waals surface area contributed by atoms with E-state index in [1.54, 1.807) is 24.5 Å². The lowest BCUT2D eigenvalue weighted by molar-refractivity contribution is 0.102. The summed E-state index contributed by atoms with van der Waals surface area (Å²) in [5.41, 5.74) is 0. The molecule has 1 aliphatic rings. The Kier molecular flexibility index (Phi) is 3.19. The second-order valence-electron chi connectivity index (χ2n) is 4.40. The Hall–Kier alpha value is -0.700. The number of nitrogens with zero attached hydrogens (tertiary/aromatic N) is 1. The number of hydrogen-bond donors (Lipinski definition) is 0. The minimum atomic E-state index is 0.142. The van der Waals surface area contributed by atoms with Gasteiger partial charge in [-0.15, -0.1) is 11.3 Å². The van der Waals surface area contributed by atoms with Crippen LogP contribution < -0.4 is 0 Å². The molecule has 1 saturated carbocycles. The van der Waals surface area contributed by atoms with Crippen LogP contribution in [0.15, 0.2) is 6.20 Å². The highest BCUT2D eigenvalue weighted by Gasteiger charge is 2.26. The van der Waals surface area contributed by atoms with Gasteiger partial charge in [0, 0.05) is 19.0 Å². The van der Waals surface area contributed by atoms with Crippen LogP contribution in [0.3, 0.4) is 0 Å². The van der Waals surface area contributed by atoms with Crippen molar-refractivity contribution >= 4 is 17.1 Å². The van der Waals surface area contributed by atoms with E-state index in [9.17, 15) is 4.79 Å². The molecule has 1 aliphatic carbocycles. The molecule has 2 nitrogen and oxygen atoms in total. The maximum atomic E-state index is 11.2. The Morgan fingerprint density at radius 1 is 1.60 bits per heavy atom. The highest BCUT2D eigenvalue weighted by molar-refractivity contribution is 7.13. The molecule has 82 valence electrons. The summed E-state index contributed by atoms with van der Waals surface area (Å²) in [6.07, 6.45) is 6.87. The van der Waals surface area contributed by atoms with Crippen LogP contribution in [0.2, 0.25) is 0 Å². The summed E-state index contributed by atoms with van der Waals surface area (Å²) in [6, 6.07) is 0. The van der Waals surface area contributed by atoms with Gasteiger partial charge in [0.25, 0.3) is 0 Å². The molecule has 0 aromatic carbocycles. The fraction of sp³-hybridized carbons (Fsp3) is 0.667. The van der Waals surface area contributed by atoms with E-state index < -0.39 is 0 Å². The van der Waals surface area contributed by atoms with Crippen LogP contribution in [-0.2, 0) is 0 Å². The fourth-order valence-corrected chi connectivity index (χ4v) is 3.27. The molecule has 1 aromatic rings. The predicted molar refractivity (Wildman–Crippen MR) is 62.5 cm³/mol. The Labute approximate surface area is 94.7 Å². The lowest BCUT2D eigenvalue weighted by Crippen LogP contribution is -1.93. The van der Waals surface area contributed by atoms with Crippen LogP contribution in [0.5, 0.6) is 0 Å². The number of ketones is 1. The van der Waals surface area contributed by atoms with E-state index in [1.165, 1.54) is 30.7 Å². The molecule has 0 spiro atoms. The monoisotopic (exact) mass is 223 g/mol. The Balaban J connectivity index is 2.07. The van der Waals surface area contributed by atoms with Gasteiger partial charge in [-0.25, -0.2) is 4.98 Å². The van der Waals surface area contributed by atoms with E-state index in [0.29, 0.717) is 5.92 Å². The van der Waals surface area contributed by atoms with Gasteiger partial charge in [0.05, 0.1) is 9.88 Å². The maximum Gasteiger partial charge on any atom is 0.171 e. The van der Waals surface area contributed by atoms with Gasteiger partial charge in [-0.3, -0.25) is 4.79 Å². The smallest absolute Gasteiger partial charge is 0.171 e. The zero-order chi connectivity index (χ0) is 10.8. The molecule has 3 heteroatoms. The summed E-state index contributed by atoms with van der Waals surface area (Å²) in [4.78, 5) is 16.4. The zero-order valence-corrected chi connectivity index (χ0v) is 10.1. The van der Waals surface area contributed by atoms with E-state index >= 15 is 0 Å². The molecule has 1 heterocycles. The zero-order valence-electron chi connectivity index (χ0n) is 9.32. The molecule has 0 amide bonds. The molecule has 2 rings (SSSR count). The second kappa shape index (κ2) is 4.44. The van der Waals surface area contributed by atoms with E-state index in [-0.39, 0.29) is 5.78 Å². The largest absolute Gasteiger partial charge is 0.294 e. The van der Waals surface area contributed by atoms with Gasteiger partial charge in [0.1, 0.15) is 0 Å². The van der Waals surface area contributed by atoms with Crippen molar-refractivity contribution < 1.29 is 4.79 Å². The van der Waals surface area contributed by atoms with Crippen molar-refractivity contribution in [3.63, 3.8) is 0 Å². The van der Waals surface area contributed by atoms with Gasteiger partial charge in [-0.05, 0) is 25.2 Å². The normalized spacial score (nSPS) is 25.7. The molecule has 1 aromatic heterocycles. The average molecular weight is 223 g/mol. The molecule has 2 unspecified atom stereocenters. The fourth-order valence-electron chi connectivity index (χ4n) is 2.31. The van der Waals surface area contributed by atoms with Gasteiger partial charge >= 0.3 is 0 Å². The van der Waals surface area contributed by atoms with Crippen molar-refractivity contribution in [2.75, 3.05) is 0 Å². The van der Waals surface area contributed by atoms with Crippen molar-refractivity contribution in [2.24, 2.45) is 5.92 Å². The van der Waals surface area contributed by atoms with Crippen LogP contribution in [-0.4, -0.2) is 10.8 Å². The first kappa shape index (κ1) is 10.8. The SMILES string of the molecule is CCC1CCC(c2ncc(C(C)=O)s2)C1. The van der Waals surface area contributed by atoms with Crippen LogP contribution in [0.25, 0.3) is 0 Å². The Bertz CT molecular complexity index is 358. The number of carbonyl (C=O) groups is 1. The molecular formula is C12H17NOS. The molecule has 0 saturated heterocycles. The molecule has 0 bridgehead atoms. The van der Waals surface area contributed by atoms with Crippen LogP contribution >= 0.6 is 11.3 Å². The minimum absolute atomic E-state index is 0.142. The Morgan fingerprint density at radius 3 is 2.93 bits per heavy atom.